The molecule has 1 N–H and O–H groups in total. The Morgan fingerprint density at radius 3 is 2.17 bits per heavy atom. The van der Waals surface area contributed by atoms with Crippen molar-refractivity contribution in [2.45, 2.75) is 0 Å². The number of anilines is 1. The van der Waals surface area contributed by atoms with Gasteiger partial charge >= 0.3 is 0 Å². The van der Waals surface area contributed by atoms with Gasteiger partial charge in [-0.3, -0.25) is 0 Å². The van der Waals surface area contributed by atoms with Gasteiger partial charge in [-0.2, -0.15) is 0 Å². The summed E-state index contributed by atoms with van der Waals surface area (Å²) in [6.45, 7) is 0. The predicted molar refractivity (Wildman–Crippen MR) is 103 cm³/mol. The van der Waals surface area contributed by atoms with Gasteiger partial charge in [-0.05, 0) is 29.8 Å². The Labute approximate surface area is 146 Å². The van der Waals surface area contributed by atoms with Crippen LogP contribution in [0.15, 0.2) is 60.3 Å². The van der Waals surface area contributed by atoms with Gasteiger partial charge in [0.05, 0.1) is 12.8 Å². The standard InChI is InChI=1S/C18H16N2OS2/c1-20-17(22)15(12-6-4-3-5-7-12)16(18(20)23)19-13-8-10-14(21-2)11-9-13/h3-11,19H,1-2H3. The smallest absolute Gasteiger partial charge is 0.131 e. The van der Waals surface area contributed by atoms with E-state index < -0.39 is 0 Å². The molecule has 0 radical (unpaired) electrons. The molecule has 0 amide bonds. The van der Waals surface area contributed by atoms with Crippen molar-refractivity contribution in [1.29, 1.82) is 0 Å². The van der Waals surface area contributed by atoms with Gasteiger partial charge in [0.2, 0.25) is 0 Å². The van der Waals surface area contributed by atoms with Crippen LogP contribution in [0.2, 0.25) is 0 Å². The van der Waals surface area contributed by atoms with Crippen LogP contribution in [-0.4, -0.2) is 29.0 Å². The molecule has 2 aromatic rings. The van der Waals surface area contributed by atoms with Gasteiger partial charge in [-0.1, -0.05) is 54.8 Å². The third-order valence-electron chi connectivity index (χ3n) is 3.71. The number of methoxy groups -OCH3 is 1. The number of nitrogens with zero attached hydrogens (tertiary/aromatic N) is 1. The van der Waals surface area contributed by atoms with Crippen molar-refractivity contribution in [1.82, 2.24) is 4.90 Å². The molecule has 1 aliphatic heterocycles. The monoisotopic (exact) mass is 340 g/mol. The van der Waals surface area contributed by atoms with Gasteiger partial charge in [0.15, 0.2) is 0 Å². The van der Waals surface area contributed by atoms with E-state index >= 15 is 0 Å². The molecule has 0 saturated heterocycles. The van der Waals surface area contributed by atoms with Crippen LogP contribution < -0.4 is 10.1 Å². The van der Waals surface area contributed by atoms with Crippen LogP contribution in [0.1, 0.15) is 5.56 Å². The lowest BCUT2D eigenvalue weighted by Gasteiger charge is -2.13. The molecule has 0 aliphatic carbocycles. The van der Waals surface area contributed by atoms with E-state index in [2.05, 4.69) is 5.32 Å². The number of likely N-dealkylation sites (N-methyl/N-ethyl adjacent to an activating group) is 1. The molecule has 5 heteroatoms. The van der Waals surface area contributed by atoms with E-state index in [0.717, 1.165) is 33.3 Å². The number of thiocarbonyl (C=S) groups is 2. The molecule has 0 saturated carbocycles. The van der Waals surface area contributed by atoms with Crippen LogP contribution >= 0.6 is 24.4 Å². The van der Waals surface area contributed by atoms with Gasteiger partial charge in [0.25, 0.3) is 0 Å². The van der Waals surface area contributed by atoms with Gasteiger partial charge in [0.1, 0.15) is 15.7 Å². The summed E-state index contributed by atoms with van der Waals surface area (Å²) in [4.78, 5) is 3.29. The second-order valence-electron chi connectivity index (χ2n) is 5.14. The lowest BCUT2D eigenvalue weighted by molar-refractivity contribution is 0.415. The molecule has 0 aromatic heterocycles. The zero-order valence-electron chi connectivity index (χ0n) is 12.9. The van der Waals surface area contributed by atoms with Gasteiger partial charge in [0, 0.05) is 18.3 Å². The minimum Gasteiger partial charge on any atom is -0.497 e. The predicted octanol–water partition coefficient (Wildman–Crippen LogP) is 4.12. The topological polar surface area (TPSA) is 24.5 Å². The van der Waals surface area contributed by atoms with Crippen molar-refractivity contribution in [3.63, 3.8) is 0 Å². The van der Waals surface area contributed by atoms with Crippen molar-refractivity contribution in [2.75, 3.05) is 19.5 Å². The molecule has 3 rings (SSSR count). The Morgan fingerprint density at radius 2 is 1.57 bits per heavy atom. The molecule has 0 atom stereocenters. The molecule has 0 unspecified atom stereocenters. The van der Waals surface area contributed by atoms with E-state index in [0.29, 0.717) is 4.99 Å². The molecule has 116 valence electrons. The van der Waals surface area contributed by atoms with Crippen molar-refractivity contribution in [3.8, 4) is 5.75 Å². The minimum atomic E-state index is 0.699. The largest absolute Gasteiger partial charge is 0.497 e. The van der Waals surface area contributed by atoms with Crippen LogP contribution in [0.25, 0.3) is 5.57 Å². The summed E-state index contributed by atoms with van der Waals surface area (Å²) < 4.78 is 5.19. The summed E-state index contributed by atoms with van der Waals surface area (Å²) in [5.74, 6) is 0.814. The quantitative estimate of drug-likeness (QED) is 0.844. The molecule has 1 aliphatic rings. The fourth-order valence-corrected chi connectivity index (χ4v) is 3.06. The first kappa shape index (κ1) is 15.6. The molecular formula is C18H16N2OS2. The Bertz CT molecular complexity index is 782. The molecular weight excluding hydrogens is 324 g/mol. The van der Waals surface area contributed by atoms with E-state index in [1.54, 1.807) is 7.11 Å². The molecule has 1 heterocycles. The van der Waals surface area contributed by atoms with E-state index in [1.165, 1.54) is 0 Å². The number of nitrogens with one attached hydrogen (secondary N) is 1. The Hall–Kier alpha value is -2.24. The number of hydrogen-bond donors (Lipinski definition) is 1. The van der Waals surface area contributed by atoms with E-state index in [1.807, 2.05) is 66.5 Å². The second-order valence-corrected chi connectivity index (χ2v) is 5.91. The van der Waals surface area contributed by atoms with E-state index in [4.69, 9.17) is 29.2 Å². The summed E-state index contributed by atoms with van der Waals surface area (Å²) in [5, 5.41) is 3.41. The lowest BCUT2D eigenvalue weighted by Crippen LogP contribution is -2.25. The zero-order chi connectivity index (χ0) is 16.4. The maximum atomic E-state index is 5.58. The Kier molecular flexibility index (Phi) is 4.41. The third kappa shape index (κ3) is 2.98. The van der Waals surface area contributed by atoms with Gasteiger partial charge in [-0.15, -0.1) is 0 Å². The fraction of sp³-hybridized carbons (Fsp3) is 0.111. The van der Waals surface area contributed by atoms with Crippen LogP contribution in [-0.2, 0) is 0 Å². The Balaban J connectivity index is 2.02. The maximum absolute atomic E-state index is 5.58. The normalized spacial score (nSPS) is 14.4. The summed E-state index contributed by atoms with van der Waals surface area (Å²) in [7, 11) is 3.55. The number of rotatable bonds is 4. The van der Waals surface area contributed by atoms with Crippen molar-refractivity contribution >= 4 is 45.7 Å². The summed E-state index contributed by atoms with van der Waals surface area (Å²) in [6.07, 6.45) is 0. The van der Waals surface area contributed by atoms with Crippen LogP contribution in [0.3, 0.4) is 0 Å². The number of hydrogen-bond acceptors (Lipinski definition) is 4. The summed E-state index contributed by atoms with van der Waals surface area (Å²) in [6, 6.07) is 17.8. The molecule has 2 aromatic carbocycles. The highest BCUT2D eigenvalue weighted by molar-refractivity contribution is 7.83. The summed E-state index contributed by atoms with van der Waals surface area (Å²) >= 11 is 11.1. The molecule has 0 fully saturated rings. The van der Waals surface area contributed by atoms with Crippen LogP contribution in [0, 0.1) is 0 Å². The highest BCUT2D eigenvalue weighted by Crippen LogP contribution is 2.31. The maximum Gasteiger partial charge on any atom is 0.131 e. The molecule has 23 heavy (non-hydrogen) atoms. The van der Waals surface area contributed by atoms with Crippen molar-refractivity contribution in [2.24, 2.45) is 0 Å². The first-order valence-electron chi connectivity index (χ1n) is 7.15. The second kappa shape index (κ2) is 6.48. The Morgan fingerprint density at radius 1 is 0.913 bits per heavy atom. The fourth-order valence-electron chi connectivity index (χ4n) is 2.45. The van der Waals surface area contributed by atoms with Crippen molar-refractivity contribution in [3.05, 3.63) is 65.9 Å². The van der Waals surface area contributed by atoms with Crippen LogP contribution in [0.5, 0.6) is 5.75 Å². The highest BCUT2D eigenvalue weighted by Gasteiger charge is 2.30. The average molecular weight is 340 g/mol. The van der Waals surface area contributed by atoms with Gasteiger partial charge < -0.3 is 15.0 Å². The minimum absolute atomic E-state index is 0.699. The van der Waals surface area contributed by atoms with E-state index in [9.17, 15) is 0 Å². The van der Waals surface area contributed by atoms with Crippen molar-refractivity contribution < 1.29 is 4.74 Å². The zero-order valence-corrected chi connectivity index (χ0v) is 14.5. The highest BCUT2D eigenvalue weighted by atomic mass is 32.1. The number of ether oxygens (including phenoxy) is 1. The first-order chi connectivity index (χ1) is 11.1. The first-order valence-corrected chi connectivity index (χ1v) is 7.96. The average Bonchev–Trinajstić information content (AvgIpc) is 2.80. The molecule has 3 nitrogen and oxygen atoms in total. The SMILES string of the molecule is COc1ccc(NC2=C(c3ccccc3)C(=S)N(C)C2=S)cc1. The number of benzene rings is 2. The third-order valence-corrected chi connectivity index (χ3v) is 4.66. The summed E-state index contributed by atoms with van der Waals surface area (Å²) in [5.41, 5.74) is 3.82. The molecule has 0 bridgehead atoms. The van der Waals surface area contributed by atoms with Crippen LogP contribution in [0.4, 0.5) is 5.69 Å². The lowest BCUT2D eigenvalue weighted by atomic mass is 10.1. The van der Waals surface area contributed by atoms with E-state index in [-0.39, 0.29) is 0 Å². The molecule has 0 spiro atoms. The van der Waals surface area contributed by atoms with Gasteiger partial charge in [-0.25, -0.2) is 0 Å².